The van der Waals surface area contributed by atoms with E-state index in [-0.39, 0.29) is 11.2 Å². The van der Waals surface area contributed by atoms with Gasteiger partial charge >= 0.3 is 0 Å². The van der Waals surface area contributed by atoms with Crippen molar-refractivity contribution >= 4 is 11.6 Å². The highest BCUT2D eigenvalue weighted by atomic mass is 16.1. The third kappa shape index (κ3) is 2.38. The number of nitrogens with one attached hydrogen (secondary N) is 1. The second-order valence-electron chi connectivity index (χ2n) is 5.08. The summed E-state index contributed by atoms with van der Waals surface area (Å²) in [4.78, 5) is 16.8. The number of pyridine rings is 1. The molecule has 0 aromatic carbocycles. The molecule has 4 heteroatoms. The van der Waals surface area contributed by atoms with E-state index in [2.05, 4.69) is 17.2 Å². The molecule has 4 nitrogen and oxygen atoms in total. The fourth-order valence-electron chi connectivity index (χ4n) is 2.86. The average Bonchev–Trinajstić information content (AvgIpc) is 2.40. The van der Waals surface area contributed by atoms with Gasteiger partial charge in [-0.2, -0.15) is 0 Å². The monoisotopic (exact) mass is 247 g/mol. The van der Waals surface area contributed by atoms with E-state index >= 15 is 0 Å². The Morgan fingerprint density at radius 3 is 3.06 bits per heavy atom. The van der Waals surface area contributed by atoms with E-state index in [1.165, 1.54) is 0 Å². The number of rotatable bonds is 4. The molecule has 1 fully saturated rings. The molecule has 2 heterocycles. The molecule has 0 aliphatic carbocycles. The highest BCUT2D eigenvalue weighted by Crippen LogP contribution is 2.36. The standard InChI is InChI=1S/C14H21N3O/c1-2-6-14(7-4-8-16-10-14)12(18)11-5-3-9-17-13(11)15/h3,5,9,16H,2,4,6-8,10H2,1H3,(H2,15,17). The summed E-state index contributed by atoms with van der Waals surface area (Å²) < 4.78 is 0. The van der Waals surface area contributed by atoms with Gasteiger partial charge in [-0.05, 0) is 37.9 Å². The summed E-state index contributed by atoms with van der Waals surface area (Å²) in [6.07, 6.45) is 5.53. The molecule has 0 bridgehead atoms. The maximum atomic E-state index is 12.8. The van der Waals surface area contributed by atoms with Crippen LogP contribution in [0.15, 0.2) is 18.3 Å². The Morgan fingerprint density at radius 2 is 2.44 bits per heavy atom. The van der Waals surface area contributed by atoms with Crippen LogP contribution in [-0.4, -0.2) is 23.9 Å². The Balaban J connectivity index is 2.31. The van der Waals surface area contributed by atoms with Crippen molar-refractivity contribution in [2.75, 3.05) is 18.8 Å². The van der Waals surface area contributed by atoms with Gasteiger partial charge in [-0.25, -0.2) is 4.98 Å². The second kappa shape index (κ2) is 5.48. The van der Waals surface area contributed by atoms with Gasteiger partial charge in [-0.15, -0.1) is 0 Å². The summed E-state index contributed by atoms with van der Waals surface area (Å²) >= 11 is 0. The summed E-state index contributed by atoms with van der Waals surface area (Å²) in [6.45, 7) is 3.88. The molecule has 18 heavy (non-hydrogen) atoms. The largest absolute Gasteiger partial charge is 0.383 e. The highest BCUT2D eigenvalue weighted by molar-refractivity contribution is 6.04. The lowest BCUT2D eigenvalue weighted by Crippen LogP contribution is -2.45. The molecule has 0 spiro atoms. The van der Waals surface area contributed by atoms with E-state index in [1.807, 2.05) is 0 Å². The summed E-state index contributed by atoms with van der Waals surface area (Å²) in [6, 6.07) is 3.57. The van der Waals surface area contributed by atoms with E-state index in [1.54, 1.807) is 18.3 Å². The number of carbonyl (C=O) groups is 1. The van der Waals surface area contributed by atoms with Crippen molar-refractivity contribution < 1.29 is 4.79 Å². The van der Waals surface area contributed by atoms with Crippen molar-refractivity contribution in [3.63, 3.8) is 0 Å². The van der Waals surface area contributed by atoms with Gasteiger partial charge in [-0.1, -0.05) is 13.3 Å². The Kier molecular flexibility index (Phi) is 3.97. The molecule has 2 rings (SSSR count). The second-order valence-corrected chi connectivity index (χ2v) is 5.08. The minimum absolute atomic E-state index is 0.155. The van der Waals surface area contributed by atoms with Crippen LogP contribution in [0.2, 0.25) is 0 Å². The van der Waals surface area contributed by atoms with Crippen LogP contribution in [0, 0.1) is 5.41 Å². The van der Waals surface area contributed by atoms with E-state index in [0.29, 0.717) is 11.4 Å². The molecule has 1 aliphatic heterocycles. The Hall–Kier alpha value is -1.42. The molecule has 1 saturated heterocycles. The van der Waals surface area contributed by atoms with Crippen LogP contribution in [-0.2, 0) is 0 Å². The SMILES string of the molecule is CCCC1(C(=O)c2cccnc2N)CCCNC1. The summed E-state index contributed by atoms with van der Waals surface area (Å²) in [7, 11) is 0. The van der Waals surface area contributed by atoms with Crippen LogP contribution in [0.5, 0.6) is 0 Å². The van der Waals surface area contributed by atoms with Crippen molar-refractivity contribution in [3.05, 3.63) is 23.9 Å². The van der Waals surface area contributed by atoms with Gasteiger partial charge in [0.05, 0.1) is 5.56 Å². The summed E-state index contributed by atoms with van der Waals surface area (Å²) in [5.74, 6) is 0.505. The first-order chi connectivity index (χ1) is 8.69. The molecular weight excluding hydrogens is 226 g/mol. The van der Waals surface area contributed by atoms with Gasteiger partial charge in [-0.3, -0.25) is 4.79 Å². The first-order valence-electron chi connectivity index (χ1n) is 6.65. The number of Topliss-reactive ketones (excluding diaryl/α,β-unsaturated/α-hetero) is 1. The number of hydrogen-bond donors (Lipinski definition) is 2. The Labute approximate surface area is 108 Å². The number of hydrogen-bond acceptors (Lipinski definition) is 4. The van der Waals surface area contributed by atoms with Crippen molar-refractivity contribution in [3.8, 4) is 0 Å². The van der Waals surface area contributed by atoms with E-state index in [4.69, 9.17) is 5.73 Å². The Morgan fingerprint density at radius 1 is 1.61 bits per heavy atom. The van der Waals surface area contributed by atoms with Crippen molar-refractivity contribution in [1.29, 1.82) is 0 Å². The normalized spacial score (nSPS) is 23.8. The molecule has 0 radical (unpaired) electrons. The zero-order valence-electron chi connectivity index (χ0n) is 10.9. The summed E-state index contributed by atoms with van der Waals surface area (Å²) in [5, 5.41) is 3.35. The smallest absolute Gasteiger partial charge is 0.173 e. The van der Waals surface area contributed by atoms with Gasteiger partial charge in [0.2, 0.25) is 0 Å². The Bertz CT molecular complexity index is 419. The number of carbonyl (C=O) groups excluding carboxylic acids is 1. The van der Waals surface area contributed by atoms with Crippen molar-refractivity contribution in [2.24, 2.45) is 5.41 Å². The number of ketones is 1. The molecule has 0 amide bonds. The third-order valence-corrected chi connectivity index (χ3v) is 3.77. The van der Waals surface area contributed by atoms with Crippen LogP contribution in [0.4, 0.5) is 5.82 Å². The lowest BCUT2D eigenvalue weighted by molar-refractivity contribution is 0.0718. The minimum Gasteiger partial charge on any atom is -0.383 e. The summed E-state index contributed by atoms with van der Waals surface area (Å²) in [5.41, 5.74) is 6.12. The fraction of sp³-hybridized carbons (Fsp3) is 0.571. The van der Waals surface area contributed by atoms with Crippen LogP contribution in [0.3, 0.4) is 0 Å². The molecule has 1 unspecified atom stereocenters. The van der Waals surface area contributed by atoms with E-state index in [0.717, 1.165) is 38.8 Å². The van der Waals surface area contributed by atoms with Crippen LogP contribution in [0.25, 0.3) is 0 Å². The van der Waals surface area contributed by atoms with Crippen LogP contribution >= 0.6 is 0 Å². The predicted octanol–water partition coefficient (Wildman–Crippen LogP) is 2.02. The van der Waals surface area contributed by atoms with Gasteiger partial charge in [0.15, 0.2) is 5.78 Å². The van der Waals surface area contributed by atoms with Gasteiger partial charge in [0.1, 0.15) is 5.82 Å². The molecule has 98 valence electrons. The lowest BCUT2D eigenvalue weighted by Gasteiger charge is -2.36. The van der Waals surface area contributed by atoms with Crippen molar-refractivity contribution in [2.45, 2.75) is 32.6 Å². The zero-order chi connectivity index (χ0) is 13.0. The third-order valence-electron chi connectivity index (χ3n) is 3.77. The maximum absolute atomic E-state index is 12.8. The van der Waals surface area contributed by atoms with E-state index in [9.17, 15) is 4.79 Å². The molecule has 1 aliphatic rings. The van der Waals surface area contributed by atoms with Crippen LogP contribution in [0.1, 0.15) is 43.0 Å². The quantitative estimate of drug-likeness (QED) is 0.799. The molecule has 0 saturated carbocycles. The predicted molar refractivity (Wildman–Crippen MR) is 72.4 cm³/mol. The van der Waals surface area contributed by atoms with E-state index < -0.39 is 0 Å². The molecular formula is C14H21N3O. The maximum Gasteiger partial charge on any atom is 0.173 e. The number of anilines is 1. The molecule has 1 aromatic heterocycles. The average molecular weight is 247 g/mol. The van der Waals surface area contributed by atoms with Crippen LogP contribution < -0.4 is 11.1 Å². The fourth-order valence-corrected chi connectivity index (χ4v) is 2.86. The number of aromatic nitrogens is 1. The van der Waals surface area contributed by atoms with Gasteiger partial charge in [0.25, 0.3) is 0 Å². The number of piperidine rings is 1. The number of nitrogens with two attached hydrogens (primary N) is 1. The number of nitrogen functional groups attached to an aromatic ring is 1. The topological polar surface area (TPSA) is 68.0 Å². The molecule has 1 atom stereocenters. The zero-order valence-corrected chi connectivity index (χ0v) is 10.9. The first kappa shape index (κ1) is 13.0. The minimum atomic E-state index is -0.288. The first-order valence-corrected chi connectivity index (χ1v) is 6.65. The molecule has 3 N–H and O–H groups in total. The van der Waals surface area contributed by atoms with Crippen molar-refractivity contribution in [1.82, 2.24) is 10.3 Å². The highest BCUT2D eigenvalue weighted by Gasteiger charge is 2.39. The van der Waals surface area contributed by atoms with Gasteiger partial charge in [0, 0.05) is 18.2 Å². The lowest BCUT2D eigenvalue weighted by atomic mass is 9.71. The number of nitrogens with zero attached hydrogens (tertiary/aromatic N) is 1. The molecule has 1 aromatic rings. The van der Waals surface area contributed by atoms with Gasteiger partial charge < -0.3 is 11.1 Å².